The number of ether oxygens (including phenoxy) is 2. The summed E-state index contributed by atoms with van der Waals surface area (Å²) in [7, 11) is 0. The minimum absolute atomic E-state index is 0.159. The highest BCUT2D eigenvalue weighted by atomic mass is 16.6. The average molecular weight is 232 g/mol. The van der Waals surface area contributed by atoms with Crippen LogP contribution in [0.2, 0.25) is 0 Å². The van der Waals surface area contributed by atoms with E-state index in [1.165, 1.54) is 10.9 Å². The molecule has 1 unspecified atom stereocenters. The summed E-state index contributed by atoms with van der Waals surface area (Å²) in [5.41, 5.74) is 0. The van der Waals surface area contributed by atoms with Gasteiger partial charge in [0.1, 0.15) is 12.9 Å². The first-order chi connectivity index (χ1) is 8.34. The molecule has 5 nitrogen and oxygen atoms in total. The van der Waals surface area contributed by atoms with Gasteiger partial charge in [-0.2, -0.15) is 0 Å². The van der Waals surface area contributed by atoms with Gasteiger partial charge in [-0.15, -0.1) is 0 Å². The third-order valence-electron chi connectivity index (χ3n) is 2.76. The highest BCUT2D eigenvalue weighted by Crippen LogP contribution is 2.27. The van der Waals surface area contributed by atoms with Crippen LogP contribution in [0.1, 0.15) is 17.6 Å². The monoisotopic (exact) mass is 232 g/mol. The Kier molecular flexibility index (Phi) is 2.44. The average Bonchev–Trinajstić information content (AvgIpc) is 2.91. The summed E-state index contributed by atoms with van der Waals surface area (Å²) in [6.07, 6.45) is 9.88. The summed E-state index contributed by atoms with van der Waals surface area (Å²) >= 11 is 0. The quantitative estimate of drug-likeness (QED) is 0.736. The summed E-state index contributed by atoms with van der Waals surface area (Å²) in [4.78, 5) is 15.8. The minimum Gasteiger partial charge on any atom is -0.486 e. The second kappa shape index (κ2) is 4.08. The van der Waals surface area contributed by atoms with Crippen molar-refractivity contribution in [2.24, 2.45) is 0 Å². The Bertz CT molecular complexity index is 488. The summed E-state index contributed by atoms with van der Waals surface area (Å²) in [5.74, 6) is 1.28. The number of rotatable bonds is 1. The number of carbonyl (C=O) groups excluding carboxylic acids is 1. The van der Waals surface area contributed by atoms with Crippen LogP contribution in [0.25, 0.3) is 0 Å². The Morgan fingerprint density at radius 1 is 1.35 bits per heavy atom. The molecular formula is C12H12N2O3. The maximum Gasteiger partial charge on any atom is 0.276 e. The van der Waals surface area contributed by atoms with E-state index in [1.807, 2.05) is 12.2 Å². The molecule has 0 aromatic carbocycles. The van der Waals surface area contributed by atoms with Crippen LogP contribution >= 0.6 is 0 Å². The lowest BCUT2D eigenvalue weighted by molar-refractivity contribution is -0.00561. The van der Waals surface area contributed by atoms with Gasteiger partial charge < -0.3 is 9.47 Å². The molecule has 3 rings (SSSR count). The van der Waals surface area contributed by atoms with Gasteiger partial charge in [0.2, 0.25) is 6.10 Å². The molecule has 1 aliphatic carbocycles. The fourth-order valence-corrected chi connectivity index (χ4v) is 1.90. The van der Waals surface area contributed by atoms with E-state index in [-0.39, 0.29) is 12.5 Å². The molecule has 1 atom stereocenters. The Labute approximate surface area is 98.4 Å². The molecule has 1 aromatic rings. The van der Waals surface area contributed by atoms with Crippen LogP contribution in [0.4, 0.5) is 0 Å². The van der Waals surface area contributed by atoms with E-state index >= 15 is 0 Å². The van der Waals surface area contributed by atoms with Crippen molar-refractivity contribution >= 4 is 5.91 Å². The number of fused-ring (bicyclic) bond motifs is 1. The number of nitrogens with zero attached hydrogens (tertiary/aromatic N) is 2. The summed E-state index contributed by atoms with van der Waals surface area (Å²) in [6, 6.07) is 0. The molecule has 0 bridgehead atoms. The van der Waals surface area contributed by atoms with E-state index in [0.717, 1.165) is 18.6 Å². The van der Waals surface area contributed by atoms with Gasteiger partial charge in [-0.1, -0.05) is 0 Å². The summed E-state index contributed by atoms with van der Waals surface area (Å²) in [6.45, 7) is 0.250. The zero-order chi connectivity index (χ0) is 11.7. The van der Waals surface area contributed by atoms with E-state index in [2.05, 4.69) is 4.98 Å². The van der Waals surface area contributed by atoms with Crippen LogP contribution in [-0.2, 0) is 9.47 Å². The topological polar surface area (TPSA) is 53.4 Å². The van der Waals surface area contributed by atoms with Crippen LogP contribution < -0.4 is 0 Å². The second-order valence-corrected chi connectivity index (χ2v) is 3.94. The number of hydrogen-bond acceptors (Lipinski definition) is 4. The molecule has 2 heterocycles. The Balaban J connectivity index is 1.77. The van der Waals surface area contributed by atoms with Gasteiger partial charge in [0.15, 0.2) is 11.5 Å². The third-order valence-corrected chi connectivity index (χ3v) is 2.76. The maximum atomic E-state index is 12.0. The van der Waals surface area contributed by atoms with Crippen molar-refractivity contribution in [1.82, 2.24) is 9.55 Å². The molecule has 0 N–H and O–H groups in total. The molecule has 17 heavy (non-hydrogen) atoms. The molecule has 0 radical (unpaired) electrons. The predicted octanol–water partition coefficient (Wildman–Crippen LogP) is 1.50. The third kappa shape index (κ3) is 1.84. The van der Waals surface area contributed by atoms with Gasteiger partial charge in [0, 0.05) is 12.4 Å². The first kappa shape index (κ1) is 10.1. The molecule has 5 heteroatoms. The number of hydrogen-bond donors (Lipinski definition) is 0. The largest absolute Gasteiger partial charge is 0.486 e. The van der Waals surface area contributed by atoms with Crippen LogP contribution in [0.15, 0.2) is 42.4 Å². The van der Waals surface area contributed by atoms with Crippen LogP contribution in [0, 0.1) is 0 Å². The first-order valence-electron chi connectivity index (χ1n) is 5.57. The number of aromatic nitrogens is 2. The Morgan fingerprint density at radius 3 is 2.94 bits per heavy atom. The Morgan fingerprint density at radius 2 is 2.18 bits per heavy atom. The smallest absolute Gasteiger partial charge is 0.276 e. The van der Waals surface area contributed by atoms with E-state index in [9.17, 15) is 4.79 Å². The molecule has 1 aromatic heterocycles. The van der Waals surface area contributed by atoms with Gasteiger partial charge in [-0.25, -0.2) is 4.98 Å². The zero-order valence-electron chi connectivity index (χ0n) is 9.20. The molecule has 0 amide bonds. The van der Waals surface area contributed by atoms with E-state index in [4.69, 9.17) is 9.47 Å². The summed E-state index contributed by atoms with van der Waals surface area (Å²) in [5, 5.41) is 0. The lowest BCUT2D eigenvalue weighted by atomic mass is 10.1. The molecule has 1 saturated heterocycles. The highest BCUT2D eigenvalue weighted by Gasteiger charge is 2.30. The van der Waals surface area contributed by atoms with Crippen LogP contribution in [0.3, 0.4) is 0 Å². The van der Waals surface area contributed by atoms with Crippen molar-refractivity contribution in [3.63, 3.8) is 0 Å². The predicted molar refractivity (Wildman–Crippen MR) is 59.1 cm³/mol. The van der Waals surface area contributed by atoms with Crippen LogP contribution in [-0.4, -0.2) is 28.2 Å². The zero-order valence-corrected chi connectivity index (χ0v) is 9.20. The molecule has 88 valence electrons. The van der Waals surface area contributed by atoms with E-state index < -0.39 is 6.10 Å². The molecule has 0 spiro atoms. The molecule has 1 fully saturated rings. The Hall–Kier alpha value is -2.04. The lowest BCUT2D eigenvalue weighted by Crippen LogP contribution is -2.36. The molecular weight excluding hydrogens is 220 g/mol. The van der Waals surface area contributed by atoms with Crippen LogP contribution in [0.5, 0.6) is 0 Å². The van der Waals surface area contributed by atoms with Crippen molar-refractivity contribution in [2.75, 3.05) is 6.61 Å². The normalized spacial score (nSPS) is 22.7. The minimum atomic E-state index is -0.592. The van der Waals surface area contributed by atoms with Crippen molar-refractivity contribution in [2.45, 2.75) is 18.9 Å². The highest BCUT2D eigenvalue weighted by molar-refractivity contribution is 5.83. The number of carbonyl (C=O) groups is 1. The molecule has 2 aliphatic rings. The SMILES string of the molecule is O=C(C1COC2=CCCC=C2O1)n1ccnc1. The number of allylic oxidation sites excluding steroid dienone is 2. The second-order valence-electron chi connectivity index (χ2n) is 3.94. The van der Waals surface area contributed by atoms with E-state index in [0.29, 0.717) is 5.76 Å². The molecule has 1 aliphatic heterocycles. The lowest BCUT2D eigenvalue weighted by Gasteiger charge is -2.28. The van der Waals surface area contributed by atoms with Gasteiger partial charge >= 0.3 is 0 Å². The van der Waals surface area contributed by atoms with Gasteiger partial charge in [0.25, 0.3) is 5.91 Å². The fraction of sp³-hybridized carbons (Fsp3) is 0.333. The standard InChI is InChI=1S/C12H12N2O3/c15-12(14-6-5-13-8-14)11-7-16-9-3-1-2-4-10(9)17-11/h3-6,8,11H,1-2,7H2. The first-order valence-corrected chi connectivity index (χ1v) is 5.57. The van der Waals surface area contributed by atoms with Crippen molar-refractivity contribution in [3.05, 3.63) is 42.4 Å². The summed E-state index contributed by atoms with van der Waals surface area (Å²) < 4.78 is 12.6. The maximum absolute atomic E-state index is 12.0. The fourth-order valence-electron chi connectivity index (χ4n) is 1.90. The van der Waals surface area contributed by atoms with Gasteiger partial charge in [-0.3, -0.25) is 9.36 Å². The van der Waals surface area contributed by atoms with Crippen molar-refractivity contribution in [3.8, 4) is 0 Å². The van der Waals surface area contributed by atoms with E-state index in [1.54, 1.807) is 12.4 Å². The van der Waals surface area contributed by atoms with Gasteiger partial charge in [0.05, 0.1) is 0 Å². The van der Waals surface area contributed by atoms with Crippen molar-refractivity contribution in [1.29, 1.82) is 0 Å². The molecule has 0 saturated carbocycles. The van der Waals surface area contributed by atoms with Gasteiger partial charge in [-0.05, 0) is 25.0 Å². The number of imidazole rings is 1. The van der Waals surface area contributed by atoms with Crippen molar-refractivity contribution < 1.29 is 14.3 Å².